The normalized spacial score (nSPS) is 11.1. The van der Waals surface area contributed by atoms with E-state index in [0.717, 1.165) is 42.0 Å². The van der Waals surface area contributed by atoms with Crippen molar-refractivity contribution in [3.05, 3.63) is 87.7 Å². The Morgan fingerprint density at radius 3 is 2.56 bits per heavy atom. The van der Waals surface area contributed by atoms with Crippen LogP contribution in [0, 0.1) is 13.8 Å². The Hall–Kier alpha value is -2.69. The fourth-order valence-corrected chi connectivity index (χ4v) is 4.12. The van der Waals surface area contributed by atoms with Crippen LogP contribution in [0.3, 0.4) is 0 Å². The first kappa shape index (κ1) is 22.5. The van der Waals surface area contributed by atoms with Crippen LogP contribution >= 0.6 is 23.2 Å². The number of aromatic nitrogens is 2. The molecule has 0 saturated carbocycles. The summed E-state index contributed by atoms with van der Waals surface area (Å²) in [5.41, 5.74) is 4.51. The van der Waals surface area contributed by atoms with Gasteiger partial charge in [-0.15, -0.1) is 0 Å². The highest BCUT2D eigenvalue weighted by Gasteiger charge is 2.12. The second-order valence-corrected chi connectivity index (χ2v) is 8.63. The summed E-state index contributed by atoms with van der Waals surface area (Å²) in [6.45, 7) is 6.05. The molecule has 6 heteroatoms. The Labute approximate surface area is 198 Å². The minimum Gasteiger partial charge on any atom is -0.493 e. The smallest absolute Gasteiger partial charge is 0.147 e. The molecule has 0 unspecified atom stereocenters. The Bertz CT molecular complexity index is 1220. The van der Waals surface area contributed by atoms with Gasteiger partial charge in [-0.2, -0.15) is 0 Å². The molecule has 0 atom stereocenters. The first-order valence-electron chi connectivity index (χ1n) is 10.7. The molecule has 1 aromatic heterocycles. The molecule has 4 aromatic rings. The molecule has 166 valence electrons. The lowest BCUT2D eigenvalue weighted by molar-refractivity contribution is 0.285. The number of ether oxygens (including phenoxy) is 2. The van der Waals surface area contributed by atoms with Crippen molar-refractivity contribution in [2.45, 2.75) is 39.8 Å². The molecule has 0 bridgehead atoms. The van der Waals surface area contributed by atoms with E-state index >= 15 is 0 Å². The third-order valence-electron chi connectivity index (χ3n) is 5.57. The number of fused-ring (bicyclic) bond motifs is 1. The van der Waals surface area contributed by atoms with E-state index in [-0.39, 0.29) is 0 Å². The van der Waals surface area contributed by atoms with Crippen molar-refractivity contribution >= 4 is 34.2 Å². The molecule has 0 aliphatic rings. The maximum Gasteiger partial charge on any atom is 0.147 e. The SMILES string of the molecule is Cc1cccc(OCCCCn2c(COc3ccc(Cl)cc3Cl)nc3ccccc32)c1C. The van der Waals surface area contributed by atoms with Gasteiger partial charge in [0.25, 0.3) is 0 Å². The lowest BCUT2D eigenvalue weighted by Gasteiger charge is -2.13. The summed E-state index contributed by atoms with van der Waals surface area (Å²) in [5.74, 6) is 2.43. The molecule has 0 aliphatic heterocycles. The fourth-order valence-electron chi connectivity index (χ4n) is 3.65. The number of hydrogen-bond acceptors (Lipinski definition) is 3. The number of rotatable bonds is 9. The third-order valence-corrected chi connectivity index (χ3v) is 6.10. The van der Waals surface area contributed by atoms with Gasteiger partial charge in [-0.1, -0.05) is 47.5 Å². The standard InChI is InChI=1S/C26H26Cl2N2O2/c1-18-8-7-11-24(19(18)2)31-15-6-5-14-30-23-10-4-3-9-22(23)29-26(30)17-32-25-13-12-20(27)16-21(25)28/h3-4,7-13,16H,5-6,14-15,17H2,1-2H3. The lowest BCUT2D eigenvalue weighted by atomic mass is 10.1. The van der Waals surface area contributed by atoms with Crippen LogP contribution in [0.25, 0.3) is 11.0 Å². The molecule has 1 heterocycles. The van der Waals surface area contributed by atoms with Gasteiger partial charge < -0.3 is 14.0 Å². The zero-order valence-corrected chi connectivity index (χ0v) is 19.8. The molecule has 0 saturated heterocycles. The van der Waals surface area contributed by atoms with Crippen LogP contribution in [0.4, 0.5) is 0 Å². The van der Waals surface area contributed by atoms with Gasteiger partial charge in [0.05, 0.1) is 22.7 Å². The fraction of sp³-hybridized carbons (Fsp3) is 0.269. The molecule has 32 heavy (non-hydrogen) atoms. The van der Waals surface area contributed by atoms with Crippen molar-refractivity contribution in [2.75, 3.05) is 6.61 Å². The predicted octanol–water partition coefficient (Wildman–Crippen LogP) is 7.40. The zero-order chi connectivity index (χ0) is 22.5. The Kier molecular flexibility index (Phi) is 7.23. The molecule has 4 nitrogen and oxygen atoms in total. The second kappa shape index (κ2) is 10.3. The number of unbranched alkanes of at least 4 members (excludes halogenated alkanes) is 1. The summed E-state index contributed by atoms with van der Waals surface area (Å²) in [4.78, 5) is 4.78. The lowest BCUT2D eigenvalue weighted by Crippen LogP contribution is -2.09. The maximum absolute atomic E-state index is 6.25. The molecular formula is C26H26Cl2N2O2. The molecule has 0 fully saturated rings. The van der Waals surface area contributed by atoms with E-state index in [4.69, 9.17) is 37.7 Å². The van der Waals surface area contributed by atoms with Crippen LogP contribution in [0.15, 0.2) is 60.7 Å². The number of nitrogens with zero attached hydrogens (tertiary/aromatic N) is 2. The first-order chi connectivity index (χ1) is 15.5. The van der Waals surface area contributed by atoms with Crippen molar-refractivity contribution in [3.8, 4) is 11.5 Å². The van der Waals surface area contributed by atoms with E-state index < -0.39 is 0 Å². The van der Waals surface area contributed by atoms with Crippen molar-refractivity contribution in [1.29, 1.82) is 0 Å². The minimum atomic E-state index is 0.328. The minimum absolute atomic E-state index is 0.328. The van der Waals surface area contributed by atoms with E-state index in [1.807, 2.05) is 30.3 Å². The van der Waals surface area contributed by atoms with E-state index in [2.05, 4.69) is 30.5 Å². The van der Waals surface area contributed by atoms with Gasteiger partial charge in [-0.25, -0.2) is 4.98 Å². The van der Waals surface area contributed by atoms with Gasteiger partial charge >= 0.3 is 0 Å². The summed E-state index contributed by atoms with van der Waals surface area (Å²) in [7, 11) is 0. The molecular weight excluding hydrogens is 443 g/mol. The molecule has 0 radical (unpaired) electrons. The van der Waals surface area contributed by atoms with Crippen molar-refractivity contribution in [3.63, 3.8) is 0 Å². The van der Waals surface area contributed by atoms with Crippen LogP contribution in [-0.4, -0.2) is 16.2 Å². The predicted molar refractivity (Wildman–Crippen MR) is 131 cm³/mol. The average Bonchev–Trinajstić information content (AvgIpc) is 3.13. The highest BCUT2D eigenvalue weighted by atomic mass is 35.5. The van der Waals surface area contributed by atoms with Crippen LogP contribution in [0.1, 0.15) is 29.8 Å². The van der Waals surface area contributed by atoms with E-state index in [1.165, 1.54) is 11.1 Å². The zero-order valence-electron chi connectivity index (χ0n) is 18.3. The van der Waals surface area contributed by atoms with Gasteiger partial charge in [0.1, 0.15) is 23.9 Å². The highest BCUT2D eigenvalue weighted by molar-refractivity contribution is 6.35. The average molecular weight is 469 g/mol. The van der Waals surface area contributed by atoms with Gasteiger partial charge in [-0.05, 0) is 74.2 Å². The van der Waals surface area contributed by atoms with Gasteiger partial charge in [0, 0.05) is 11.6 Å². The van der Waals surface area contributed by atoms with Gasteiger partial charge in [0.2, 0.25) is 0 Å². The van der Waals surface area contributed by atoms with Crippen LogP contribution < -0.4 is 9.47 Å². The van der Waals surface area contributed by atoms with Crippen LogP contribution in [0.2, 0.25) is 10.0 Å². The molecule has 0 N–H and O–H groups in total. The van der Waals surface area contributed by atoms with E-state index in [0.29, 0.717) is 29.0 Å². The Morgan fingerprint density at radius 1 is 0.875 bits per heavy atom. The molecule has 4 rings (SSSR count). The van der Waals surface area contributed by atoms with E-state index in [1.54, 1.807) is 18.2 Å². The number of aryl methyl sites for hydroxylation is 2. The summed E-state index contributed by atoms with van der Waals surface area (Å²) >= 11 is 12.2. The largest absolute Gasteiger partial charge is 0.493 e. The number of halogens is 2. The maximum atomic E-state index is 6.25. The third kappa shape index (κ3) is 5.20. The molecule has 0 aliphatic carbocycles. The number of imidazole rings is 1. The summed E-state index contributed by atoms with van der Waals surface area (Å²) < 4.78 is 14.2. The van der Waals surface area contributed by atoms with Crippen molar-refractivity contribution in [2.24, 2.45) is 0 Å². The molecule has 0 spiro atoms. The molecule has 3 aromatic carbocycles. The van der Waals surface area contributed by atoms with Gasteiger partial charge in [0.15, 0.2) is 0 Å². The Morgan fingerprint density at radius 2 is 1.72 bits per heavy atom. The quantitative estimate of drug-likeness (QED) is 0.240. The summed E-state index contributed by atoms with van der Waals surface area (Å²) in [6.07, 6.45) is 1.92. The second-order valence-electron chi connectivity index (χ2n) is 7.79. The number of hydrogen-bond donors (Lipinski definition) is 0. The summed E-state index contributed by atoms with van der Waals surface area (Å²) in [6, 6.07) is 19.5. The van der Waals surface area contributed by atoms with Crippen molar-refractivity contribution < 1.29 is 9.47 Å². The van der Waals surface area contributed by atoms with Crippen LogP contribution in [0.5, 0.6) is 11.5 Å². The number of benzene rings is 3. The van der Waals surface area contributed by atoms with E-state index in [9.17, 15) is 0 Å². The Balaban J connectivity index is 1.40. The molecule has 0 amide bonds. The van der Waals surface area contributed by atoms with Crippen molar-refractivity contribution in [1.82, 2.24) is 9.55 Å². The topological polar surface area (TPSA) is 36.3 Å². The van der Waals surface area contributed by atoms with Gasteiger partial charge in [-0.3, -0.25) is 0 Å². The number of para-hydroxylation sites is 2. The highest BCUT2D eigenvalue weighted by Crippen LogP contribution is 2.28. The monoisotopic (exact) mass is 468 g/mol. The summed E-state index contributed by atoms with van der Waals surface area (Å²) in [5, 5.41) is 1.07. The first-order valence-corrected chi connectivity index (χ1v) is 11.5. The van der Waals surface area contributed by atoms with Crippen LogP contribution in [-0.2, 0) is 13.2 Å².